The molecule has 3 nitrogen and oxygen atoms in total. The Balaban J connectivity index is 2.15. The Morgan fingerprint density at radius 2 is 1.61 bits per heavy atom. The molecule has 0 aromatic carbocycles. The molecule has 0 aliphatic heterocycles. The van der Waals surface area contributed by atoms with Crippen molar-refractivity contribution in [3.63, 3.8) is 0 Å². The highest BCUT2D eigenvalue weighted by Gasteiger charge is 2.23. The Kier molecular flexibility index (Phi) is 9.57. The number of nitrogens with zero attached hydrogens (tertiary/aromatic N) is 1. The Labute approximate surface area is 151 Å². The van der Waals surface area contributed by atoms with Crippen molar-refractivity contribution in [2.45, 2.75) is 84.2 Å². The van der Waals surface area contributed by atoms with Crippen molar-refractivity contribution in [1.29, 1.82) is 0 Å². The van der Waals surface area contributed by atoms with Crippen LogP contribution in [-0.4, -0.2) is 35.5 Å². The normalized spacial score (nSPS) is 22.0. The summed E-state index contributed by atoms with van der Waals surface area (Å²) in [6.07, 6.45) is 11.9. The molecule has 0 heterocycles. The zero-order valence-corrected chi connectivity index (χ0v) is 17.2. The second-order valence-corrected chi connectivity index (χ2v) is 8.91. The SMILES string of the molecule is CN(CCC1CCC(CCCCCBr)CC1)C(=O)OC(C)(C)C. The van der Waals surface area contributed by atoms with Gasteiger partial charge in [0.15, 0.2) is 0 Å². The molecule has 0 N–H and O–H groups in total. The first-order chi connectivity index (χ1) is 10.8. The molecule has 1 aliphatic rings. The van der Waals surface area contributed by atoms with Crippen LogP contribution in [0.15, 0.2) is 0 Å². The molecule has 1 aliphatic carbocycles. The Bertz CT molecular complexity index is 333. The van der Waals surface area contributed by atoms with Gasteiger partial charge in [-0.1, -0.05) is 60.9 Å². The van der Waals surface area contributed by atoms with Gasteiger partial charge in [0.1, 0.15) is 5.60 Å². The van der Waals surface area contributed by atoms with Gasteiger partial charge in [-0.25, -0.2) is 4.79 Å². The van der Waals surface area contributed by atoms with Gasteiger partial charge in [0.25, 0.3) is 0 Å². The molecule has 0 spiro atoms. The van der Waals surface area contributed by atoms with Crippen LogP contribution < -0.4 is 0 Å². The van der Waals surface area contributed by atoms with Gasteiger partial charge in [-0.05, 0) is 45.4 Å². The number of hydrogen-bond acceptors (Lipinski definition) is 2. The first kappa shape index (κ1) is 20.8. The monoisotopic (exact) mass is 389 g/mol. The molecule has 0 unspecified atom stereocenters. The highest BCUT2D eigenvalue weighted by atomic mass is 79.9. The molecule has 1 rings (SSSR count). The molecule has 0 saturated heterocycles. The highest BCUT2D eigenvalue weighted by molar-refractivity contribution is 9.09. The number of carbonyl (C=O) groups is 1. The summed E-state index contributed by atoms with van der Waals surface area (Å²) in [6.45, 7) is 6.56. The van der Waals surface area contributed by atoms with Crippen molar-refractivity contribution >= 4 is 22.0 Å². The van der Waals surface area contributed by atoms with Gasteiger partial charge in [0.2, 0.25) is 0 Å². The lowest BCUT2D eigenvalue weighted by Crippen LogP contribution is -2.35. The van der Waals surface area contributed by atoms with Gasteiger partial charge in [0, 0.05) is 18.9 Å². The third kappa shape index (κ3) is 9.59. The smallest absolute Gasteiger partial charge is 0.410 e. The van der Waals surface area contributed by atoms with E-state index in [0.29, 0.717) is 0 Å². The number of ether oxygens (including phenoxy) is 1. The Morgan fingerprint density at radius 3 is 2.13 bits per heavy atom. The van der Waals surface area contributed by atoms with E-state index in [2.05, 4.69) is 15.9 Å². The number of amides is 1. The van der Waals surface area contributed by atoms with Gasteiger partial charge in [-0.3, -0.25) is 0 Å². The predicted octanol–water partition coefficient (Wildman–Crippen LogP) is 6.01. The van der Waals surface area contributed by atoms with E-state index in [1.54, 1.807) is 4.90 Å². The van der Waals surface area contributed by atoms with Crippen LogP contribution in [0.4, 0.5) is 4.79 Å². The van der Waals surface area contributed by atoms with Crippen LogP contribution in [-0.2, 0) is 4.74 Å². The van der Waals surface area contributed by atoms with E-state index in [1.807, 2.05) is 27.8 Å². The molecule has 1 fully saturated rings. The topological polar surface area (TPSA) is 29.5 Å². The summed E-state index contributed by atoms with van der Waals surface area (Å²) in [5, 5.41) is 1.14. The molecule has 0 aromatic rings. The number of unbranched alkanes of at least 4 members (excludes halogenated alkanes) is 2. The van der Waals surface area contributed by atoms with Gasteiger partial charge in [0.05, 0.1) is 0 Å². The molecule has 136 valence electrons. The third-order valence-corrected chi connectivity index (χ3v) is 5.35. The standard InChI is InChI=1S/C19H36BrNO2/c1-19(2,3)23-18(22)21(4)15-13-17-11-9-16(10-12-17)8-6-5-7-14-20/h16-17H,5-15H2,1-4H3. The van der Waals surface area contributed by atoms with Gasteiger partial charge in [-0.2, -0.15) is 0 Å². The van der Waals surface area contributed by atoms with E-state index < -0.39 is 5.60 Å². The maximum absolute atomic E-state index is 12.0. The molecule has 0 aromatic heterocycles. The second-order valence-electron chi connectivity index (χ2n) is 8.12. The summed E-state index contributed by atoms with van der Waals surface area (Å²) in [5.74, 6) is 1.74. The zero-order chi connectivity index (χ0) is 17.3. The molecule has 0 atom stereocenters. The molecule has 4 heteroatoms. The van der Waals surface area contributed by atoms with Crippen LogP contribution in [0.25, 0.3) is 0 Å². The molecule has 1 amide bonds. The van der Waals surface area contributed by atoms with E-state index in [1.165, 1.54) is 51.4 Å². The first-order valence-electron chi connectivity index (χ1n) is 9.32. The number of alkyl halides is 1. The van der Waals surface area contributed by atoms with Gasteiger partial charge in [-0.15, -0.1) is 0 Å². The summed E-state index contributed by atoms with van der Waals surface area (Å²) in [4.78, 5) is 13.7. The molecule has 23 heavy (non-hydrogen) atoms. The van der Waals surface area contributed by atoms with Crippen molar-refractivity contribution in [1.82, 2.24) is 4.90 Å². The van der Waals surface area contributed by atoms with Crippen molar-refractivity contribution < 1.29 is 9.53 Å². The van der Waals surface area contributed by atoms with Crippen LogP contribution >= 0.6 is 15.9 Å². The number of halogens is 1. The maximum atomic E-state index is 12.0. The lowest BCUT2D eigenvalue weighted by Gasteiger charge is -2.30. The maximum Gasteiger partial charge on any atom is 0.410 e. The van der Waals surface area contributed by atoms with Crippen LogP contribution in [0.1, 0.15) is 78.6 Å². The van der Waals surface area contributed by atoms with E-state index in [4.69, 9.17) is 4.74 Å². The lowest BCUT2D eigenvalue weighted by molar-refractivity contribution is 0.0286. The van der Waals surface area contributed by atoms with Gasteiger partial charge < -0.3 is 9.64 Å². The fourth-order valence-electron chi connectivity index (χ4n) is 3.32. The van der Waals surface area contributed by atoms with Crippen LogP contribution in [0.3, 0.4) is 0 Å². The largest absolute Gasteiger partial charge is 0.444 e. The molecule has 0 bridgehead atoms. The summed E-state index contributed by atoms with van der Waals surface area (Å²) in [6, 6.07) is 0. The summed E-state index contributed by atoms with van der Waals surface area (Å²) in [7, 11) is 1.85. The summed E-state index contributed by atoms with van der Waals surface area (Å²) >= 11 is 3.50. The van der Waals surface area contributed by atoms with Crippen LogP contribution in [0, 0.1) is 11.8 Å². The highest BCUT2D eigenvalue weighted by Crippen LogP contribution is 2.33. The minimum absolute atomic E-state index is 0.196. The van der Waals surface area contributed by atoms with Crippen molar-refractivity contribution in [3.05, 3.63) is 0 Å². The molecule has 1 saturated carbocycles. The predicted molar refractivity (Wildman–Crippen MR) is 101 cm³/mol. The van der Waals surface area contributed by atoms with Crippen LogP contribution in [0.2, 0.25) is 0 Å². The molecular formula is C19H36BrNO2. The zero-order valence-electron chi connectivity index (χ0n) is 15.6. The van der Waals surface area contributed by atoms with Crippen LogP contribution in [0.5, 0.6) is 0 Å². The molecular weight excluding hydrogens is 354 g/mol. The van der Waals surface area contributed by atoms with E-state index in [0.717, 1.165) is 30.1 Å². The Morgan fingerprint density at radius 1 is 1.04 bits per heavy atom. The number of hydrogen-bond donors (Lipinski definition) is 0. The fourth-order valence-corrected chi connectivity index (χ4v) is 3.72. The quantitative estimate of drug-likeness (QED) is 0.375. The number of rotatable bonds is 8. The Hall–Kier alpha value is -0.250. The first-order valence-corrected chi connectivity index (χ1v) is 10.4. The fraction of sp³-hybridized carbons (Fsp3) is 0.947. The number of carbonyl (C=O) groups excluding carboxylic acids is 1. The second kappa shape index (κ2) is 10.6. The summed E-state index contributed by atoms with van der Waals surface area (Å²) in [5.41, 5.74) is -0.405. The minimum Gasteiger partial charge on any atom is -0.444 e. The van der Waals surface area contributed by atoms with E-state index in [-0.39, 0.29) is 6.09 Å². The van der Waals surface area contributed by atoms with Gasteiger partial charge >= 0.3 is 6.09 Å². The van der Waals surface area contributed by atoms with E-state index in [9.17, 15) is 4.79 Å². The van der Waals surface area contributed by atoms with Crippen molar-refractivity contribution in [2.24, 2.45) is 11.8 Å². The minimum atomic E-state index is -0.405. The third-order valence-electron chi connectivity index (χ3n) is 4.79. The van der Waals surface area contributed by atoms with Crippen molar-refractivity contribution in [3.8, 4) is 0 Å². The average molecular weight is 390 g/mol. The summed E-state index contributed by atoms with van der Waals surface area (Å²) < 4.78 is 5.40. The molecule has 0 radical (unpaired) electrons. The lowest BCUT2D eigenvalue weighted by atomic mass is 9.78. The van der Waals surface area contributed by atoms with Crippen molar-refractivity contribution in [2.75, 3.05) is 18.9 Å². The average Bonchev–Trinajstić information content (AvgIpc) is 2.48. The van der Waals surface area contributed by atoms with E-state index >= 15 is 0 Å².